The summed E-state index contributed by atoms with van der Waals surface area (Å²) >= 11 is 1.56. The van der Waals surface area contributed by atoms with Gasteiger partial charge in [0.2, 0.25) is 0 Å². The van der Waals surface area contributed by atoms with Crippen LogP contribution in [0, 0.1) is 5.92 Å². The number of aromatic nitrogens is 3. The van der Waals surface area contributed by atoms with Crippen molar-refractivity contribution in [1.29, 1.82) is 0 Å². The number of hydrogen-bond donors (Lipinski definition) is 2. The van der Waals surface area contributed by atoms with E-state index >= 15 is 0 Å². The van der Waals surface area contributed by atoms with Gasteiger partial charge >= 0.3 is 0 Å². The molecule has 0 fully saturated rings. The average molecular weight is 278 g/mol. The van der Waals surface area contributed by atoms with Crippen LogP contribution in [0.4, 0.5) is 0 Å². The van der Waals surface area contributed by atoms with Gasteiger partial charge in [-0.3, -0.25) is 9.89 Å². The molecule has 6 heteroatoms. The van der Waals surface area contributed by atoms with Crippen molar-refractivity contribution in [3.63, 3.8) is 0 Å². The van der Waals surface area contributed by atoms with Gasteiger partial charge in [-0.25, -0.2) is 4.98 Å². The van der Waals surface area contributed by atoms with Gasteiger partial charge in [-0.15, -0.1) is 11.3 Å². The molecule has 2 N–H and O–H groups in total. The van der Waals surface area contributed by atoms with Crippen LogP contribution in [-0.2, 0) is 12.8 Å². The first-order valence-electron chi connectivity index (χ1n) is 6.34. The van der Waals surface area contributed by atoms with E-state index < -0.39 is 0 Å². The zero-order valence-electron chi connectivity index (χ0n) is 11.1. The summed E-state index contributed by atoms with van der Waals surface area (Å²) in [6.45, 7) is 4.85. The Balaban J connectivity index is 1.81. The van der Waals surface area contributed by atoms with E-state index in [9.17, 15) is 4.79 Å². The maximum absolute atomic E-state index is 11.9. The number of hydrogen-bond acceptors (Lipinski definition) is 4. The van der Waals surface area contributed by atoms with Crippen LogP contribution in [0.2, 0.25) is 0 Å². The van der Waals surface area contributed by atoms with Crippen LogP contribution in [0.3, 0.4) is 0 Å². The molecule has 0 spiro atoms. The molecule has 0 aliphatic heterocycles. The van der Waals surface area contributed by atoms with E-state index in [-0.39, 0.29) is 5.91 Å². The molecule has 0 bridgehead atoms. The quantitative estimate of drug-likeness (QED) is 0.849. The molecule has 2 heterocycles. The Kier molecular flexibility index (Phi) is 4.68. The summed E-state index contributed by atoms with van der Waals surface area (Å²) in [5, 5.41) is 11.8. The topological polar surface area (TPSA) is 70.7 Å². The number of thiazole rings is 1. The number of carbonyl (C=O) groups excluding carboxylic acids is 1. The predicted octanol–water partition coefficient (Wildman–Crippen LogP) is 2.04. The van der Waals surface area contributed by atoms with Crippen molar-refractivity contribution in [2.45, 2.75) is 26.7 Å². The molecule has 102 valence electrons. The summed E-state index contributed by atoms with van der Waals surface area (Å²) in [6, 6.07) is 1.82. The fourth-order valence-electron chi connectivity index (χ4n) is 1.78. The van der Waals surface area contributed by atoms with Gasteiger partial charge in [0, 0.05) is 24.0 Å². The molecule has 0 atom stereocenters. The smallest absolute Gasteiger partial charge is 0.271 e. The lowest BCUT2D eigenvalue weighted by atomic mass is 10.1. The number of H-pyrrole nitrogens is 1. The molecule has 2 aromatic heterocycles. The first-order chi connectivity index (χ1) is 9.15. The Morgan fingerprint density at radius 1 is 1.53 bits per heavy atom. The van der Waals surface area contributed by atoms with Gasteiger partial charge in [0.1, 0.15) is 5.69 Å². The van der Waals surface area contributed by atoms with Crippen molar-refractivity contribution < 1.29 is 4.79 Å². The first kappa shape index (κ1) is 13.7. The SMILES string of the molecule is CC(C)Cc1cc(C(=O)NCCc2cscn2)n[nH]1. The number of aromatic amines is 1. The molecule has 0 aromatic carbocycles. The Morgan fingerprint density at radius 3 is 3.05 bits per heavy atom. The van der Waals surface area contributed by atoms with Crippen LogP contribution in [-0.4, -0.2) is 27.6 Å². The predicted molar refractivity (Wildman–Crippen MR) is 75.3 cm³/mol. The van der Waals surface area contributed by atoms with Crippen LogP contribution in [0.5, 0.6) is 0 Å². The van der Waals surface area contributed by atoms with E-state index in [1.54, 1.807) is 16.8 Å². The number of rotatable bonds is 6. The summed E-state index contributed by atoms with van der Waals surface area (Å²) in [6.07, 6.45) is 1.65. The van der Waals surface area contributed by atoms with E-state index in [1.807, 2.05) is 11.4 Å². The van der Waals surface area contributed by atoms with Gasteiger partial charge in [0.15, 0.2) is 0 Å². The number of carbonyl (C=O) groups is 1. The van der Waals surface area contributed by atoms with E-state index in [4.69, 9.17) is 0 Å². The van der Waals surface area contributed by atoms with Crippen LogP contribution in [0.25, 0.3) is 0 Å². The van der Waals surface area contributed by atoms with Crippen molar-refractivity contribution in [3.8, 4) is 0 Å². The van der Waals surface area contributed by atoms with E-state index in [1.165, 1.54) is 0 Å². The van der Waals surface area contributed by atoms with Crippen molar-refractivity contribution in [1.82, 2.24) is 20.5 Å². The van der Waals surface area contributed by atoms with E-state index in [0.29, 0.717) is 18.2 Å². The molecule has 0 unspecified atom stereocenters. The highest BCUT2D eigenvalue weighted by Crippen LogP contribution is 2.06. The highest BCUT2D eigenvalue weighted by atomic mass is 32.1. The van der Waals surface area contributed by atoms with Gasteiger partial charge in [0.05, 0.1) is 11.2 Å². The Hall–Kier alpha value is -1.69. The zero-order valence-corrected chi connectivity index (χ0v) is 12.0. The number of amides is 1. The summed E-state index contributed by atoms with van der Waals surface area (Å²) in [4.78, 5) is 16.0. The minimum absolute atomic E-state index is 0.138. The van der Waals surface area contributed by atoms with Crippen molar-refractivity contribution >= 4 is 17.2 Å². The molecule has 2 rings (SSSR count). The summed E-state index contributed by atoms with van der Waals surface area (Å²) < 4.78 is 0. The van der Waals surface area contributed by atoms with Crippen LogP contribution >= 0.6 is 11.3 Å². The molecular formula is C13H18N4OS. The van der Waals surface area contributed by atoms with Crippen LogP contribution < -0.4 is 5.32 Å². The molecule has 0 saturated carbocycles. The molecule has 0 aliphatic rings. The lowest BCUT2D eigenvalue weighted by Gasteiger charge is -2.01. The minimum Gasteiger partial charge on any atom is -0.350 e. The largest absolute Gasteiger partial charge is 0.350 e. The standard InChI is InChI=1S/C13H18N4OS/c1-9(2)5-11-6-12(17-16-11)13(18)14-4-3-10-7-19-8-15-10/h6-9H,3-5H2,1-2H3,(H,14,18)(H,16,17). The maximum atomic E-state index is 11.9. The Labute approximate surface area is 116 Å². The maximum Gasteiger partial charge on any atom is 0.271 e. The third-order valence-electron chi connectivity index (χ3n) is 2.64. The van der Waals surface area contributed by atoms with Crippen molar-refractivity contribution in [2.24, 2.45) is 5.92 Å². The van der Waals surface area contributed by atoms with Crippen molar-refractivity contribution in [2.75, 3.05) is 6.54 Å². The first-order valence-corrected chi connectivity index (χ1v) is 7.29. The van der Waals surface area contributed by atoms with Crippen molar-refractivity contribution in [3.05, 3.63) is 34.0 Å². The third kappa shape index (κ3) is 4.17. The highest BCUT2D eigenvalue weighted by Gasteiger charge is 2.10. The van der Waals surface area contributed by atoms with E-state index in [0.717, 1.165) is 24.2 Å². The fourth-order valence-corrected chi connectivity index (χ4v) is 2.37. The summed E-state index contributed by atoms with van der Waals surface area (Å²) in [7, 11) is 0. The van der Waals surface area contributed by atoms with Crippen LogP contribution in [0.1, 0.15) is 35.7 Å². The second-order valence-electron chi connectivity index (χ2n) is 4.86. The molecule has 5 nitrogen and oxygen atoms in total. The molecule has 2 aromatic rings. The van der Waals surface area contributed by atoms with Gasteiger partial charge < -0.3 is 5.32 Å². The Morgan fingerprint density at radius 2 is 2.37 bits per heavy atom. The molecule has 19 heavy (non-hydrogen) atoms. The average Bonchev–Trinajstić information content (AvgIpc) is 2.99. The third-order valence-corrected chi connectivity index (χ3v) is 3.28. The normalized spacial score (nSPS) is 10.9. The number of nitrogens with one attached hydrogen (secondary N) is 2. The summed E-state index contributed by atoms with van der Waals surface area (Å²) in [5.41, 5.74) is 4.25. The Bertz CT molecular complexity index is 518. The fraction of sp³-hybridized carbons (Fsp3) is 0.462. The lowest BCUT2D eigenvalue weighted by molar-refractivity contribution is 0.0949. The van der Waals surface area contributed by atoms with Gasteiger partial charge in [-0.1, -0.05) is 13.8 Å². The van der Waals surface area contributed by atoms with Gasteiger partial charge in [0.25, 0.3) is 5.91 Å². The second-order valence-corrected chi connectivity index (χ2v) is 5.58. The molecular weight excluding hydrogens is 260 g/mol. The minimum atomic E-state index is -0.138. The number of nitrogens with zero attached hydrogens (tertiary/aromatic N) is 2. The monoisotopic (exact) mass is 278 g/mol. The molecule has 0 radical (unpaired) electrons. The highest BCUT2D eigenvalue weighted by molar-refractivity contribution is 7.07. The van der Waals surface area contributed by atoms with E-state index in [2.05, 4.69) is 34.3 Å². The van der Waals surface area contributed by atoms with Crippen LogP contribution in [0.15, 0.2) is 17.0 Å². The van der Waals surface area contributed by atoms with Gasteiger partial charge in [-0.2, -0.15) is 5.10 Å². The lowest BCUT2D eigenvalue weighted by Crippen LogP contribution is -2.26. The zero-order chi connectivity index (χ0) is 13.7. The molecule has 0 aliphatic carbocycles. The second kappa shape index (κ2) is 6.47. The molecule has 0 saturated heterocycles. The molecule has 1 amide bonds. The van der Waals surface area contributed by atoms with Gasteiger partial charge in [-0.05, 0) is 18.4 Å². The summed E-state index contributed by atoms with van der Waals surface area (Å²) in [5.74, 6) is 0.405.